The van der Waals surface area contributed by atoms with E-state index in [-0.39, 0.29) is 24.7 Å². The number of hydrogen-bond donors (Lipinski definition) is 6. The summed E-state index contributed by atoms with van der Waals surface area (Å²) in [6.07, 6.45) is 0.434. The summed E-state index contributed by atoms with van der Waals surface area (Å²) < 4.78 is 0. The van der Waals surface area contributed by atoms with Crippen LogP contribution in [0.3, 0.4) is 0 Å². The van der Waals surface area contributed by atoms with Crippen molar-refractivity contribution < 1.29 is 29.1 Å². The van der Waals surface area contributed by atoms with E-state index in [4.69, 9.17) is 11.5 Å². The second-order valence-electron chi connectivity index (χ2n) is 7.45. The van der Waals surface area contributed by atoms with Crippen LogP contribution in [0.2, 0.25) is 0 Å². The van der Waals surface area contributed by atoms with Crippen LogP contribution in [0.25, 0.3) is 0 Å². The lowest BCUT2D eigenvalue weighted by molar-refractivity contribution is -0.143. The van der Waals surface area contributed by atoms with E-state index < -0.39 is 54.3 Å². The van der Waals surface area contributed by atoms with Gasteiger partial charge >= 0.3 is 5.97 Å². The van der Waals surface area contributed by atoms with Crippen molar-refractivity contribution in [1.29, 1.82) is 0 Å². The normalized spacial score (nSPS) is 15.0. The van der Waals surface area contributed by atoms with Crippen molar-refractivity contribution in [2.75, 3.05) is 6.54 Å². The maximum absolute atomic E-state index is 12.6. The fourth-order valence-electron chi connectivity index (χ4n) is 2.49. The van der Waals surface area contributed by atoms with Crippen LogP contribution in [0, 0.1) is 11.8 Å². The van der Waals surface area contributed by atoms with Gasteiger partial charge < -0.3 is 32.5 Å². The second kappa shape index (κ2) is 12.7. The highest BCUT2D eigenvalue weighted by molar-refractivity contribution is 5.93. The highest BCUT2D eigenvalue weighted by Crippen LogP contribution is 2.10. The summed E-state index contributed by atoms with van der Waals surface area (Å²) in [6, 6.07) is -3.23. The molecule has 0 saturated carbocycles. The van der Waals surface area contributed by atoms with Crippen molar-refractivity contribution in [2.45, 2.75) is 65.1 Å². The van der Waals surface area contributed by atoms with Crippen molar-refractivity contribution >= 4 is 29.6 Å². The van der Waals surface area contributed by atoms with Crippen LogP contribution in [0.15, 0.2) is 0 Å². The molecule has 11 heteroatoms. The van der Waals surface area contributed by atoms with Gasteiger partial charge in [0.05, 0.1) is 19.0 Å². The Hall–Kier alpha value is -2.69. The first-order chi connectivity index (χ1) is 13.4. The number of aliphatic carboxylic acids is 1. The molecule has 0 aromatic rings. The molecule has 0 fully saturated rings. The van der Waals surface area contributed by atoms with Gasteiger partial charge in [-0.15, -0.1) is 0 Å². The van der Waals surface area contributed by atoms with E-state index in [9.17, 15) is 29.1 Å². The molecule has 0 aliphatic carbocycles. The van der Waals surface area contributed by atoms with E-state index in [1.807, 2.05) is 20.8 Å². The molecule has 166 valence electrons. The molecule has 0 aromatic heterocycles. The lowest BCUT2D eigenvalue weighted by Crippen LogP contribution is -2.56. The standard InChI is InChI=1S/C18H33N5O6/c1-5-10(4)15(17(27)22-12(18(28)29)6-9(2)3)23-14(25)8-21-16(26)11(19)7-13(20)24/h9-12,15H,5-8,19H2,1-4H3,(H2,20,24)(H,21,26)(H,22,27)(H,23,25)(H,28,29). The number of carbonyl (C=O) groups excluding carboxylic acids is 4. The van der Waals surface area contributed by atoms with E-state index in [0.717, 1.165) is 0 Å². The Labute approximate surface area is 170 Å². The van der Waals surface area contributed by atoms with Gasteiger partial charge in [-0.2, -0.15) is 0 Å². The van der Waals surface area contributed by atoms with Crippen LogP contribution in [0.1, 0.15) is 47.0 Å². The predicted octanol–water partition coefficient (Wildman–Crippen LogP) is -1.55. The third-order valence-corrected chi connectivity index (χ3v) is 4.31. The van der Waals surface area contributed by atoms with Gasteiger partial charge in [-0.05, 0) is 18.3 Å². The Balaban J connectivity index is 4.95. The van der Waals surface area contributed by atoms with Crippen molar-refractivity contribution in [1.82, 2.24) is 16.0 Å². The maximum Gasteiger partial charge on any atom is 0.326 e. The summed E-state index contributed by atoms with van der Waals surface area (Å²) >= 11 is 0. The topological polar surface area (TPSA) is 194 Å². The van der Waals surface area contributed by atoms with Gasteiger partial charge in [0.1, 0.15) is 12.1 Å². The minimum Gasteiger partial charge on any atom is -0.480 e. The highest BCUT2D eigenvalue weighted by atomic mass is 16.4. The van der Waals surface area contributed by atoms with Crippen LogP contribution in [0.4, 0.5) is 0 Å². The first-order valence-corrected chi connectivity index (χ1v) is 9.53. The Morgan fingerprint density at radius 3 is 2.03 bits per heavy atom. The Kier molecular flexibility index (Phi) is 11.5. The average molecular weight is 415 g/mol. The van der Waals surface area contributed by atoms with E-state index in [2.05, 4.69) is 16.0 Å². The molecule has 11 nitrogen and oxygen atoms in total. The summed E-state index contributed by atoms with van der Waals surface area (Å²) in [5.74, 6) is -4.13. The molecule has 0 spiro atoms. The average Bonchev–Trinajstić information content (AvgIpc) is 2.61. The number of nitrogens with one attached hydrogen (secondary N) is 3. The van der Waals surface area contributed by atoms with E-state index >= 15 is 0 Å². The predicted molar refractivity (Wildman–Crippen MR) is 105 cm³/mol. The molecule has 4 amide bonds. The molecule has 29 heavy (non-hydrogen) atoms. The summed E-state index contributed by atoms with van der Waals surface area (Å²) in [7, 11) is 0. The van der Waals surface area contributed by atoms with Crippen LogP contribution < -0.4 is 27.4 Å². The molecule has 0 heterocycles. The van der Waals surface area contributed by atoms with E-state index in [0.29, 0.717) is 6.42 Å². The van der Waals surface area contributed by atoms with E-state index in [1.54, 1.807) is 6.92 Å². The lowest BCUT2D eigenvalue weighted by Gasteiger charge is -2.26. The summed E-state index contributed by atoms with van der Waals surface area (Å²) in [5.41, 5.74) is 10.4. The van der Waals surface area contributed by atoms with Crippen molar-refractivity contribution in [3.05, 3.63) is 0 Å². The smallest absolute Gasteiger partial charge is 0.326 e. The van der Waals surface area contributed by atoms with Crippen molar-refractivity contribution in [3.8, 4) is 0 Å². The molecule has 8 N–H and O–H groups in total. The minimum atomic E-state index is -1.18. The third kappa shape index (κ3) is 10.4. The van der Waals surface area contributed by atoms with Gasteiger partial charge in [-0.3, -0.25) is 19.2 Å². The Bertz CT molecular complexity index is 610. The molecule has 4 atom stereocenters. The number of carboxylic acids is 1. The van der Waals surface area contributed by atoms with Crippen LogP contribution >= 0.6 is 0 Å². The summed E-state index contributed by atoms with van der Waals surface area (Å²) in [6.45, 7) is 6.78. The fourth-order valence-corrected chi connectivity index (χ4v) is 2.49. The summed E-state index contributed by atoms with van der Waals surface area (Å²) in [4.78, 5) is 58.7. The highest BCUT2D eigenvalue weighted by Gasteiger charge is 2.30. The van der Waals surface area contributed by atoms with E-state index in [1.165, 1.54) is 0 Å². The Morgan fingerprint density at radius 2 is 1.59 bits per heavy atom. The molecule has 0 rings (SSSR count). The molecule has 0 aliphatic rings. The minimum absolute atomic E-state index is 0.0489. The summed E-state index contributed by atoms with van der Waals surface area (Å²) in [5, 5.41) is 16.5. The maximum atomic E-state index is 12.6. The molecule has 0 bridgehead atoms. The van der Waals surface area contributed by atoms with Gasteiger partial charge in [0.25, 0.3) is 0 Å². The molecule has 0 saturated heterocycles. The van der Waals surface area contributed by atoms with Crippen molar-refractivity contribution in [3.63, 3.8) is 0 Å². The van der Waals surface area contributed by atoms with Gasteiger partial charge in [-0.25, -0.2) is 4.79 Å². The van der Waals surface area contributed by atoms with Crippen LogP contribution in [-0.4, -0.2) is 59.4 Å². The number of primary amides is 1. The monoisotopic (exact) mass is 415 g/mol. The lowest BCUT2D eigenvalue weighted by atomic mass is 9.97. The first kappa shape index (κ1) is 26.3. The second-order valence-corrected chi connectivity index (χ2v) is 7.45. The molecule has 0 aliphatic heterocycles. The fraction of sp³-hybridized carbons (Fsp3) is 0.722. The molecule has 0 radical (unpaired) electrons. The zero-order valence-electron chi connectivity index (χ0n) is 17.4. The SMILES string of the molecule is CCC(C)C(NC(=O)CNC(=O)C(N)CC(N)=O)C(=O)NC(CC(C)C)C(=O)O. The van der Waals surface area contributed by atoms with Crippen molar-refractivity contribution in [2.24, 2.45) is 23.3 Å². The van der Waals surface area contributed by atoms with Gasteiger partial charge in [0.15, 0.2) is 0 Å². The molecular weight excluding hydrogens is 382 g/mol. The number of nitrogens with two attached hydrogens (primary N) is 2. The molecule has 4 unspecified atom stereocenters. The number of amides is 4. The number of carboxylic acid groups (broad SMARTS) is 1. The zero-order chi connectivity index (χ0) is 22.7. The quantitative estimate of drug-likeness (QED) is 0.209. The van der Waals surface area contributed by atoms with Gasteiger partial charge in [0.2, 0.25) is 23.6 Å². The van der Waals surface area contributed by atoms with Crippen LogP contribution in [0.5, 0.6) is 0 Å². The molecule has 0 aromatic carbocycles. The number of hydrogen-bond acceptors (Lipinski definition) is 6. The zero-order valence-corrected chi connectivity index (χ0v) is 17.4. The Morgan fingerprint density at radius 1 is 1.00 bits per heavy atom. The van der Waals surface area contributed by atoms with Gasteiger partial charge in [0, 0.05) is 0 Å². The third-order valence-electron chi connectivity index (χ3n) is 4.31. The van der Waals surface area contributed by atoms with Gasteiger partial charge in [-0.1, -0.05) is 34.1 Å². The first-order valence-electron chi connectivity index (χ1n) is 9.53. The number of carbonyl (C=O) groups is 5. The molecular formula is C18H33N5O6. The largest absolute Gasteiger partial charge is 0.480 e. The number of rotatable bonds is 13. The van der Waals surface area contributed by atoms with Crippen LogP contribution in [-0.2, 0) is 24.0 Å².